The second-order valence-electron chi connectivity index (χ2n) is 4.09. The van der Waals surface area contributed by atoms with E-state index in [1.165, 1.54) is 18.2 Å². The number of rotatable bonds is 3. The van der Waals surface area contributed by atoms with E-state index in [4.69, 9.17) is 23.2 Å². The first-order chi connectivity index (χ1) is 8.99. The van der Waals surface area contributed by atoms with E-state index in [-0.39, 0.29) is 12.2 Å². The van der Waals surface area contributed by atoms with Gasteiger partial charge in [0.2, 0.25) is 0 Å². The van der Waals surface area contributed by atoms with Crippen LogP contribution in [0.5, 0.6) is 0 Å². The van der Waals surface area contributed by atoms with Crippen LogP contribution in [0, 0.1) is 5.82 Å². The summed E-state index contributed by atoms with van der Waals surface area (Å²) in [5.41, 5.74) is 1.27. The lowest BCUT2D eigenvalue weighted by Crippen LogP contribution is -2.04. The summed E-state index contributed by atoms with van der Waals surface area (Å²) in [6.07, 6.45) is -0.546. The van der Waals surface area contributed by atoms with Gasteiger partial charge in [-0.05, 0) is 35.4 Å². The maximum atomic E-state index is 13.0. The van der Waals surface area contributed by atoms with Crippen LogP contribution in [0.15, 0.2) is 40.9 Å². The van der Waals surface area contributed by atoms with Crippen molar-refractivity contribution in [3.8, 4) is 0 Å². The number of aliphatic hydroxyl groups is 1. The Kier molecular flexibility index (Phi) is 4.85. The number of halogens is 4. The van der Waals surface area contributed by atoms with Gasteiger partial charge in [-0.2, -0.15) is 0 Å². The smallest absolute Gasteiger partial charge is 0.124 e. The zero-order chi connectivity index (χ0) is 14.0. The van der Waals surface area contributed by atoms with Crippen LogP contribution in [-0.4, -0.2) is 5.11 Å². The van der Waals surface area contributed by atoms with Crippen LogP contribution in [0.1, 0.15) is 17.2 Å². The van der Waals surface area contributed by atoms with Crippen LogP contribution >= 0.6 is 39.1 Å². The fourth-order valence-corrected chi connectivity index (χ4v) is 2.97. The van der Waals surface area contributed by atoms with Crippen molar-refractivity contribution in [2.45, 2.75) is 12.5 Å². The molecule has 0 fully saturated rings. The molecule has 0 aliphatic carbocycles. The van der Waals surface area contributed by atoms with Crippen molar-refractivity contribution in [1.82, 2.24) is 0 Å². The highest BCUT2D eigenvalue weighted by Gasteiger charge is 2.16. The molecule has 0 amide bonds. The van der Waals surface area contributed by atoms with E-state index in [1.807, 2.05) is 0 Å². The molecule has 2 aromatic carbocycles. The number of hydrogen-bond donors (Lipinski definition) is 1. The third-order valence-electron chi connectivity index (χ3n) is 2.78. The van der Waals surface area contributed by atoms with Crippen molar-refractivity contribution in [3.63, 3.8) is 0 Å². The van der Waals surface area contributed by atoms with Crippen LogP contribution in [-0.2, 0) is 6.42 Å². The van der Waals surface area contributed by atoms with Gasteiger partial charge in [-0.15, -0.1) is 0 Å². The Morgan fingerprint density at radius 2 is 1.79 bits per heavy atom. The first kappa shape index (κ1) is 14.8. The largest absolute Gasteiger partial charge is 0.388 e. The minimum Gasteiger partial charge on any atom is -0.388 e. The SMILES string of the molecule is OC(Cc1c(Cl)cccc1Cl)c1ccc(F)cc1Br. The maximum Gasteiger partial charge on any atom is 0.124 e. The maximum absolute atomic E-state index is 13.0. The van der Waals surface area contributed by atoms with E-state index in [9.17, 15) is 9.50 Å². The van der Waals surface area contributed by atoms with Crippen LogP contribution in [0.4, 0.5) is 4.39 Å². The Balaban J connectivity index is 2.28. The molecule has 19 heavy (non-hydrogen) atoms. The fourth-order valence-electron chi connectivity index (χ4n) is 1.80. The summed E-state index contributed by atoms with van der Waals surface area (Å²) in [5, 5.41) is 11.2. The van der Waals surface area contributed by atoms with Crippen LogP contribution in [0.2, 0.25) is 10.0 Å². The number of hydrogen-bond acceptors (Lipinski definition) is 1. The van der Waals surface area contributed by atoms with Gasteiger partial charge in [-0.3, -0.25) is 0 Å². The summed E-state index contributed by atoms with van der Waals surface area (Å²) in [6.45, 7) is 0. The minimum atomic E-state index is -0.813. The fraction of sp³-hybridized carbons (Fsp3) is 0.143. The van der Waals surface area contributed by atoms with Crippen molar-refractivity contribution < 1.29 is 9.50 Å². The third-order valence-corrected chi connectivity index (χ3v) is 4.18. The predicted octanol–water partition coefficient (Wildman–Crippen LogP) is 5.17. The number of benzene rings is 2. The highest BCUT2D eigenvalue weighted by molar-refractivity contribution is 9.10. The van der Waals surface area contributed by atoms with Crippen molar-refractivity contribution in [1.29, 1.82) is 0 Å². The Bertz CT molecular complexity index is 584. The lowest BCUT2D eigenvalue weighted by molar-refractivity contribution is 0.177. The molecule has 0 saturated heterocycles. The molecule has 0 aliphatic heterocycles. The van der Waals surface area contributed by atoms with Gasteiger partial charge in [-0.25, -0.2) is 4.39 Å². The molecule has 1 N–H and O–H groups in total. The van der Waals surface area contributed by atoms with Crippen LogP contribution in [0.3, 0.4) is 0 Å². The van der Waals surface area contributed by atoms with Crippen molar-refractivity contribution in [2.24, 2.45) is 0 Å². The average molecular weight is 364 g/mol. The Hall–Kier alpha value is -0.610. The van der Waals surface area contributed by atoms with E-state index >= 15 is 0 Å². The highest BCUT2D eigenvalue weighted by Crippen LogP contribution is 2.32. The van der Waals surface area contributed by atoms with Crippen LogP contribution in [0.25, 0.3) is 0 Å². The monoisotopic (exact) mass is 362 g/mol. The second kappa shape index (κ2) is 6.23. The van der Waals surface area contributed by atoms with Crippen molar-refractivity contribution in [2.75, 3.05) is 0 Å². The zero-order valence-corrected chi connectivity index (χ0v) is 12.8. The third kappa shape index (κ3) is 3.48. The zero-order valence-electron chi connectivity index (χ0n) is 9.71. The quantitative estimate of drug-likeness (QED) is 0.797. The van der Waals surface area contributed by atoms with Gasteiger partial charge < -0.3 is 5.11 Å². The molecule has 2 aromatic rings. The highest BCUT2D eigenvalue weighted by atomic mass is 79.9. The Morgan fingerprint density at radius 1 is 1.16 bits per heavy atom. The van der Waals surface area contributed by atoms with Gasteiger partial charge in [0, 0.05) is 20.9 Å². The molecule has 5 heteroatoms. The first-order valence-corrected chi connectivity index (χ1v) is 7.10. The molecule has 1 atom stereocenters. The molecule has 0 spiro atoms. The molecule has 0 bridgehead atoms. The van der Waals surface area contributed by atoms with Gasteiger partial charge in [0.05, 0.1) is 6.10 Å². The van der Waals surface area contributed by atoms with Crippen molar-refractivity contribution >= 4 is 39.1 Å². The lowest BCUT2D eigenvalue weighted by Gasteiger charge is -2.15. The number of aliphatic hydroxyl groups excluding tert-OH is 1. The molecular weight excluding hydrogens is 354 g/mol. The predicted molar refractivity (Wildman–Crippen MR) is 79.2 cm³/mol. The summed E-state index contributed by atoms with van der Waals surface area (Å²) in [5.74, 6) is -0.362. The summed E-state index contributed by atoms with van der Waals surface area (Å²) in [6, 6.07) is 9.33. The first-order valence-electron chi connectivity index (χ1n) is 5.55. The summed E-state index contributed by atoms with van der Waals surface area (Å²) in [4.78, 5) is 0. The van der Waals surface area contributed by atoms with Gasteiger partial charge >= 0.3 is 0 Å². The van der Waals surface area contributed by atoms with E-state index in [2.05, 4.69) is 15.9 Å². The Labute approximate surface area is 129 Å². The summed E-state index contributed by atoms with van der Waals surface area (Å²) >= 11 is 15.3. The molecule has 1 nitrogen and oxygen atoms in total. The standard InChI is InChI=1S/C14H10BrCl2FO/c15-11-6-8(18)4-5-9(11)14(19)7-10-12(16)2-1-3-13(10)17/h1-6,14,19H,7H2. The minimum absolute atomic E-state index is 0.267. The van der Waals surface area contributed by atoms with Gasteiger partial charge in [0.15, 0.2) is 0 Å². The summed E-state index contributed by atoms with van der Waals surface area (Å²) < 4.78 is 13.5. The van der Waals surface area contributed by atoms with Crippen molar-refractivity contribution in [3.05, 3.63) is 67.9 Å². The van der Waals surface area contributed by atoms with Gasteiger partial charge in [0.1, 0.15) is 5.82 Å². The molecule has 0 heterocycles. The van der Waals surface area contributed by atoms with E-state index in [1.54, 1.807) is 18.2 Å². The molecule has 0 aromatic heterocycles. The normalized spacial score (nSPS) is 12.5. The molecule has 0 saturated carbocycles. The molecule has 0 radical (unpaired) electrons. The van der Waals surface area contributed by atoms with E-state index in [0.717, 1.165) is 0 Å². The Morgan fingerprint density at radius 3 is 2.37 bits per heavy atom. The average Bonchev–Trinajstić information content (AvgIpc) is 2.33. The molecule has 0 aliphatic rings. The van der Waals surface area contributed by atoms with E-state index in [0.29, 0.717) is 25.6 Å². The molecule has 100 valence electrons. The van der Waals surface area contributed by atoms with E-state index < -0.39 is 6.10 Å². The molecule has 2 rings (SSSR count). The molecular formula is C14H10BrCl2FO. The summed E-state index contributed by atoms with van der Waals surface area (Å²) in [7, 11) is 0. The molecule has 1 unspecified atom stereocenters. The van der Waals surface area contributed by atoms with Crippen LogP contribution < -0.4 is 0 Å². The lowest BCUT2D eigenvalue weighted by atomic mass is 10.0. The van der Waals surface area contributed by atoms with Gasteiger partial charge in [-0.1, -0.05) is 51.3 Å². The second-order valence-corrected chi connectivity index (χ2v) is 5.75. The van der Waals surface area contributed by atoms with Gasteiger partial charge in [0.25, 0.3) is 0 Å². The topological polar surface area (TPSA) is 20.2 Å².